The predicted molar refractivity (Wildman–Crippen MR) is 160 cm³/mol. The second kappa shape index (κ2) is 16.5. The third-order valence-electron chi connectivity index (χ3n) is 7.12. The number of amides is 1. The number of hydrogen-bond donors (Lipinski definition) is 6. The minimum Gasteiger partial charge on any atom is -0.492 e. The van der Waals surface area contributed by atoms with Gasteiger partial charge in [-0.2, -0.15) is 0 Å². The van der Waals surface area contributed by atoms with Gasteiger partial charge >= 0.3 is 13.8 Å². The van der Waals surface area contributed by atoms with Crippen LogP contribution in [-0.2, 0) is 42.1 Å². The Bertz CT molecular complexity index is 1570. The number of nitrogens with two attached hydrogens (primary N) is 1. The van der Waals surface area contributed by atoms with Crippen LogP contribution in [0.1, 0.15) is 25.5 Å². The molecule has 264 valence electrons. The number of aromatic nitrogens is 5. The van der Waals surface area contributed by atoms with Crippen LogP contribution in [0, 0.1) is 0 Å². The molecule has 0 radical (unpaired) electrons. The largest absolute Gasteiger partial charge is 0.492 e. The molecule has 3 aromatic rings. The fourth-order valence-corrected chi connectivity index (χ4v) is 5.82. The Morgan fingerprint density at radius 1 is 1.06 bits per heavy atom. The Morgan fingerprint density at radius 3 is 2.58 bits per heavy atom. The highest BCUT2D eigenvalue weighted by Gasteiger charge is 2.54. The fourth-order valence-electron chi connectivity index (χ4n) is 4.86. The number of hydrogen-bond acceptors (Lipinski definition) is 17. The molecule has 22 heteroatoms. The van der Waals surface area contributed by atoms with Crippen LogP contribution in [0.3, 0.4) is 0 Å². The molecule has 2 aliphatic heterocycles. The molecule has 0 bridgehead atoms. The number of carbonyl (C=O) groups is 2. The Labute approximate surface area is 272 Å². The molecule has 2 saturated heterocycles. The molecule has 5 unspecified atom stereocenters. The normalized spacial score (nSPS) is 23.7. The van der Waals surface area contributed by atoms with Crippen LogP contribution in [0.4, 0.5) is 5.82 Å². The smallest absolute Gasteiger partial charge is 0.472 e. The fraction of sp³-hybridized carbons (Fsp3) is 0.577. The van der Waals surface area contributed by atoms with Crippen molar-refractivity contribution in [3.63, 3.8) is 0 Å². The standard InChI is InChI=1S/C26H37N8O13P/c27-24-21-25(31-13-30-24)33(14-32-21)26-23(22-16(45-26)12-44-48(39,40)47-22)43-15-28-6-8-41-10-11-42-9-7-29-17(35)2-1-3-20(38)46-34-18(36)4-5-19(34)37/h4-5,13-14,16,22-23,26,28,36-37H,1-3,6-12,15H2,(H,29,35)(H,39,40)(H2,27,30,31). The van der Waals surface area contributed by atoms with Crippen molar-refractivity contribution < 1.29 is 62.1 Å². The lowest BCUT2D eigenvalue weighted by molar-refractivity contribution is -0.145. The summed E-state index contributed by atoms with van der Waals surface area (Å²) in [6, 6.07) is 2.33. The number of nitrogens with one attached hydrogen (secondary N) is 2. The van der Waals surface area contributed by atoms with Crippen LogP contribution < -0.4 is 21.2 Å². The third-order valence-corrected chi connectivity index (χ3v) is 8.11. The van der Waals surface area contributed by atoms with E-state index in [4.69, 9.17) is 38.6 Å². The Morgan fingerprint density at radius 2 is 1.81 bits per heavy atom. The number of anilines is 1. The van der Waals surface area contributed by atoms with E-state index in [-0.39, 0.29) is 57.5 Å². The highest BCUT2D eigenvalue weighted by Crippen LogP contribution is 2.53. The van der Waals surface area contributed by atoms with Gasteiger partial charge in [-0.3, -0.25) is 23.7 Å². The Balaban J connectivity index is 0.918. The summed E-state index contributed by atoms with van der Waals surface area (Å²) in [5.41, 5.74) is 6.67. The van der Waals surface area contributed by atoms with Gasteiger partial charge in [0.05, 0.1) is 46.1 Å². The van der Waals surface area contributed by atoms with Gasteiger partial charge in [-0.1, -0.05) is 0 Å². The highest BCUT2D eigenvalue weighted by molar-refractivity contribution is 7.47. The van der Waals surface area contributed by atoms with Crippen molar-refractivity contribution in [3.8, 4) is 11.8 Å². The van der Waals surface area contributed by atoms with E-state index in [0.29, 0.717) is 42.3 Å². The summed E-state index contributed by atoms with van der Waals surface area (Å²) in [5, 5.41) is 24.7. The van der Waals surface area contributed by atoms with Crippen molar-refractivity contribution in [2.24, 2.45) is 0 Å². The van der Waals surface area contributed by atoms with Crippen LogP contribution in [-0.4, -0.2) is 122 Å². The number of fused-ring (bicyclic) bond motifs is 2. The summed E-state index contributed by atoms with van der Waals surface area (Å²) in [5.74, 6) is -1.63. The summed E-state index contributed by atoms with van der Waals surface area (Å²) in [6.07, 6.45) is -0.227. The van der Waals surface area contributed by atoms with E-state index < -0.39 is 50.1 Å². The first kappa shape index (κ1) is 35.4. The second-order valence-corrected chi connectivity index (χ2v) is 11.9. The van der Waals surface area contributed by atoms with Crippen LogP contribution >= 0.6 is 7.82 Å². The molecule has 2 aliphatic rings. The average molecular weight is 701 g/mol. The summed E-state index contributed by atoms with van der Waals surface area (Å²) < 4.78 is 47.6. The third kappa shape index (κ3) is 9.15. The molecule has 0 aliphatic carbocycles. The molecule has 7 N–H and O–H groups in total. The molecule has 3 aromatic heterocycles. The molecule has 21 nitrogen and oxygen atoms in total. The van der Waals surface area contributed by atoms with Gasteiger partial charge in [-0.05, 0) is 6.42 Å². The van der Waals surface area contributed by atoms with Crippen LogP contribution in [0.25, 0.3) is 11.2 Å². The molecular weight excluding hydrogens is 663 g/mol. The van der Waals surface area contributed by atoms with Crippen molar-refractivity contribution in [1.82, 2.24) is 34.9 Å². The quantitative estimate of drug-likeness (QED) is 0.0524. The maximum absolute atomic E-state index is 12.1. The van der Waals surface area contributed by atoms with E-state index in [2.05, 4.69) is 25.6 Å². The minimum absolute atomic E-state index is 0.0402. The molecular formula is C26H37N8O13P. The monoisotopic (exact) mass is 700 g/mol. The van der Waals surface area contributed by atoms with Crippen molar-refractivity contribution in [2.75, 3.05) is 58.6 Å². The van der Waals surface area contributed by atoms with Crippen LogP contribution in [0.5, 0.6) is 11.8 Å². The van der Waals surface area contributed by atoms with Crippen molar-refractivity contribution in [3.05, 3.63) is 24.8 Å². The van der Waals surface area contributed by atoms with E-state index >= 15 is 0 Å². The number of ether oxygens (including phenoxy) is 4. The van der Waals surface area contributed by atoms with E-state index in [9.17, 15) is 29.3 Å². The Hall–Kier alpha value is -3.92. The van der Waals surface area contributed by atoms with Gasteiger partial charge < -0.3 is 49.9 Å². The van der Waals surface area contributed by atoms with Gasteiger partial charge in [-0.25, -0.2) is 24.3 Å². The molecule has 5 atom stereocenters. The minimum atomic E-state index is -4.28. The van der Waals surface area contributed by atoms with Gasteiger partial charge in [0.15, 0.2) is 17.7 Å². The lowest BCUT2D eigenvalue weighted by Gasteiger charge is -2.29. The zero-order valence-corrected chi connectivity index (χ0v) is 26.5. The van der Waals surface area contributed by atoms with Gasteiger partial charge in [-0.15, -0.1) is 4.73 Å². The number of carbonyl (C=O) groups excluding carboxylic acids is 2. The molecule has 2 fully saturated rings. The number of imidazole rings is 1. The van der Waals surface area contributed by atoms with E-state index in [1.54, 1.807) is 4.57 Å². The number of aromatic hydroxyl groups is 2. The predicted octanol–water partition coefficient (Wildman–Crippen LogP) is -1.06. The lowest BCUT2D eigenvalue weighted by Crippen LogP contribution is -2.42. The second-order valence-electron chi connectivity index (χ2n) is 10.5. The SMILES string of the molecule is Nc1ncnc2c1ncn2C1OC2COP(=O)(O)OC2C1OCNCCOCCOCCNC(=O)CCCC(=O)On1c(O)ccc1O. The lowest BCUT2D eigenvalue weighted by atomic mass is 10.1. The number of phosphoric acid groups is 1. The van der Waals surface area contributed by atoms with Crippen LogP contribution in [0.15, 0.2) is 24.8 Å². The molecule has 0 spiro atoms. The van der Waals surface area contributed by atoms with Crippen molar-refractivity contribution in [1.29, 1.82) is 0 Å². The number of nitrogens with zero attached hydrogens (tertiary/aromatic N) is 5. The number of phosphoric ester groups is 1. The first-order valence-corrected chi connectivity index (χ1v) is 16.4. The zero-order valence-electron chi connectivity index (χ0n) is 25.6. The number of nitrogen functional groups attached to an aromatic ring is 1. The summed E-state index contributed by atoms with van der Waals surface area (Å²) in [7, 11) is -4.28. The number of rotatable bonds is 18. The van der Waals surface area contributed by atoms with Gasteiger partial charge in [0.1, 0.15) is 30.2 Å². The van der Waals surface area contributed by atoms with E-state index in [1.807, 2.05) is 0 Å². The van der Waals surface area contributed by atoms with Crippen LogP contribution in [0.2, 0.25) is 0 Å². The van der Waals surface area contributed by atoms with Gasteiger partial charge in [0.2, 0.25) is 17.7 Å². The first-order valence-electron chi connectivity index (χ1n) is 14.9. The molecule has 48 heavy (non-hydrogen) atoms. The summed E-state index contributed by atoms with van der Waals surface area (Å²) in [6.45, 7) is 1.79. The van der Waals surface area contributed by atoms with E-state index in [0.717, 1.165) is 0 Å². The average Bonchev–Trinajstić information content (AvgIpc) is 3.73. The molecule has 0 saturated carbocycles. The molecule has 1 amide bonds. The maximum Gasteiger partial charge on any atom is 0.472 e. The Kier molecular flexibility index (Phi) is 12.1. The zero-order chi connectivity index (χ0) is 34.1. The topological polar surface area (TPSA) is 275 Å². The maximum atomic E-state index is 12.1. The van der Waals surface area contributed by atoms with Gasteiger partial charge in [0, 0.05) is 38.1 Å². The van der Waals surface area contributed by atoms with Crippen molar-refractivity contribution in [2.45, 2.75) is 43.8 Å². The molecule has 0 aromatic carbocycles. The molecule has 5 rings (SSSR count). The van der Waals surface area contributed by atoms with Crippen molar-refractivity contribution >= 4 is 36.7 Å². The first-order chi connectivity index (χ1) is 23.1. The summed E-state index contributed by atoms with van der Waals surface area (Å²) >= 11 is 0. The van der Waals surface area contributed by atoms with E-state index in [1.165, 1.54) is 24.8 Å². The highest BCUT2D eigenvalue weighted by atomic mass is 31.2. The molecule has 5 heterocycles. The summed E-state index contributed by atoms with van der Waals surface area (Å²) in [4.78, 5) is 50.9. The van der Waals surface area contributed by atoms with Gasteiger partial charge in [0.25, 0.3) is 0 Å².